The summed E-state index contributed by atoms with van der Waals surface area (Å²) in [6.45, 7) is 0. The number of hydrogen-bond acceptors (Lipinski definition) is 3. The molecule has 0 saturated heterocycles. The fourth-order valence-electron chi connectivity index (χ4n) is 1.18. The smallest absolute Gasteiger partial charge is 0.229 e. The molecule has 0 radical (unpaired) electrons. The van der Waals surface area contributed by atoms with Crippen molar-refractivity contribution in [3.05, 3.63) is 24.3 Å². The monoisotopic (exact) mass is 320 g/mol. The van der Waals surface area contributed by atoms with Crippen LogP contribution in [0.3, 0.4) is 0 Å². The second kappa shape index (κ2) is 6.02. The van der Waals surface area contributed by atoms with E-state index < -0.39 is 10.0 Å². The predicted octanol–water partition coefficient (Wildman–Crippen LogP) is 1.78. The Kier molecular flexibility index (Phi) is 4.95. The van der Waals surface area contributed by atoms with Crippen molar-refractivity contribution in [2.75, 3.05) is 21.6 Å². The summed E-state index contributed by atoms with van der Waals surface area (Å²) < 4.78 is 24.4. The van der Waals surface area contributed by atoms with Crippen LogP contribution in [-0.2, 0) is 14.8 Å². The van der Waals surface area contributed by atoms with Crippen molar-refractivity contribution in [1.82, 2.24) is 0 Å². The van der Waals surface area contributed by atoms with E-state index >= 15 is 0 Å². The summed E-state index contributed by atoms with van der Waals surface area (Å²) in [5.74, 6) is -0.126. The van der Waals surface area contributed by atoms with Crippen LogP contribution in [0.4, 0.5) is 11.4 Å². The first-order valence-corrected chi connectivity index (χ1v) is 7.85. The second-order valence-corrected chi connectivity index (χ2v) is 5.98. The number of anilines is 2. The van der Waals surface area contributed by atoms with Crippen LogP contribution in [0.5, 0.6) is 0 Å². The fourth-order valence-corrected chi connectivity index (χ4v) is 2.10. The SMILES string of the molecule is CS(=O)(=O)Nc1cccc(NC(=O)CCBr)c1. The first-order valence-electron chi connectivity index (χ1n) is 4.84. The average Bonchev–Trinajstić information content (AvgIpc) is 2.15. The molecule has 7 heteroatoms. The molecule has 0 aliphatic heterocycles. The van der Waals surface area contributed by atoms with Crippen molar-refractivity contribution in [2.24, 2.45) is 0 Å². The molecule has 0 saturated carbocycles. The van der Waals surface area contributed by atoms with Crippen LogP contribution in [-0.4, -0.2) is 25.9 Å². The number of nitrogens with one attached hydrogen (secondary N) is 2. The van der Waals surface area contributed by atoms with Gasteiger partial charge >= 0.3 is 0 Å². The van der Waals surface area contributed by atoms with Gasteiger partial charge in [0.05, 0.1) is 11.9 Å². The summed E-state index contributed by atoms with van der Waals surface area (Å²) in [6, 6.07) is 6.53. The Hall–Kier alpha value is -1.08. The predicted molar refractivity (Wildman–Crippen MR) is 71.9 cm³/mol. The fraction of sp³-hybridized carbons (Fsp3) is 0.300. The van der Waals surface area contributed by atoms with Crippen molar-refractivity contribution in [3.8, 4) is 0 Å². The largest absolute Gasteiger partial charge is 0.326 e. The lowest BCUT2D eigenvalue weighted by atomic mass is 10.3. The van der Waals surface area contributed by atoms with Gasteiger partial charge in [0.1, 0.15) is 0 Å². The Balaban J connectivity index is 2.76. The van der Waals surface area contributed by atoms with Gasteiger partial charge in [0, 0.05) is 17.4 Å². The number of benzene rings is 1. The third kappa shape index (κ3) is 5.69. The van der Waals surface area contributed by atoms with Crippen LogP contribution in [0, 0.1) is 0 Å². The van der Waals surface area contributed by atoms with Crippen molar-refractivity contribution < 1.29 is 13.2 Å². The Morgan fingerprint density at radius 1 is 1.35 bits per heavy atom. The molecular weight excluding hydrogens is 308 g/mol. The van der Waals surface area contributed by atoms with Crippen LogP contribution in [0.15, 0.2) is 24.3 Å². The van der Waals surface area contributed by atoms with Gasteiger partial charge in [0.2, 0.25) is 15.9 Å². The van der Waals surface area contributed by atoms with Gasteiger partial charge in [-0.25, -0.2) is 8.42 Å². The molecule has 0 aromatic heterocycles. The van der Waals surface area contributed by atoms with E-state index in [4.69, 9.17) is 0 Å². The summed E-state index contributed by atoms with van der Waals surface area (Å²) in [5.41, 5.74) is 0.980. The van der Waals surface area contributed by atoms with Crippen molar-refractivity contribution in [3.63, 3.8) is 0 Å². The van der Waals surface area contributed by atoms with Crippen LogP contribution in [0.2, 0.25) is 0 Å². The number of rotatable bonds is 5. The Morgan fingerprint density at radius 2 is 2.00 bits per heavy atom. The summed E-state index contributed by atoms with van der Waals surface area (Å²) >= 11 is 3.17. The van der Waals surface area contributed by atoms with Crippen LogP contribution < -0.4 is 10.0 Å². The number of alkyl halides is 1. The molecule has 1 amide bonds. The molecule has 0 atom stereocenters. The highest BCUT2D eigenvalue weighted by Gasteiger charge is 2.04. The Bertz CT molecular complexity index is 502. The number of sulfonamides is 1. The normalized spacial score (nSPS) is 10.9. The van der Waals surface area contributed by atoms with E-state index in [1.807, 2.05) is 0 Å². The third-order valence-corrected chi connectivity index (χ3v) is 2.77. The zero-order valence-electron chi connectivity index (χ0n) is 9.23. The van der Waals surface area contributed by atoms with Crippen LogP contribution in [0.1, 0.15) is 6.42 Å². The van der Waals surface area contributed by atoms with Crippen molar-refractivity contribution in [1.29, 1.82) is 0 Å². The summed E-state index contributed by atoms with van der Waals surface area (Å²) in [7, 11) is -3.30. The minimum Gasteiger partial charge on any atom is -0.326 e. The molecule has 0 bridgehead atoms. The molecular formula is C10H13BrN2O3S. The summed E-state index contributed by atoms with van der Waals surface area (Å²) in [4.78, 5) is 11.3. The standard InChI is InChI=1S/C10H13BrN2O3S/c1-17(15,16)13-9-4-2-3-8(7-9)12-10(14)5-6-11/h2-4,7,13H,5-6H2,1H3,(H,12,14). The molecule has 0 aliphatic rings. The van der Waals surface area contributed by atoms with Gasteiger partial charge in [-0.3, -0.25) is 9.52 Å². The maximum Gasteiger partial charge on any atom is 0.229 e. The topological polar surface area (TPSA) is 75.3 Å². The van der Waals surface area contributed by atoms with Gasteiger partial charge in [-0.15, -0.1) is 0 Å². The average molecular weight is 321 g/mol. The molecule has 1 aromatic rings. The summed E-state index contributed by atoms with van der Waals surface area (Å²) in [6.07, 6.45) is 1.44. The maximum absolute atomic E-state index is 11.3. The highest BCUT2D eigenvalue weighted by molar-refractivity contribution is 9.09. The van der Waals surface area contributed by atoms with E-state index in [-0.39, 0.29) is 5.91 Å². The zero-order valence-corrected chi connectivity index (χ0v) is 11.6. The third-order valence-electron chi connectivity index (χ3n) is 1.77. The summed E-state index contributed by atoms with van der Waals surface area (Å²) in [5, 5.41) is 3.25. The number of hydrogen-bond donors (Lipinski definition) is 2. The zero-order chi connectivity index (χ0) is 12.9. The highest BCUT2D eigenvalue weighted by atomic mass is 79.9. The van der Waals surface area contributed by atoms with Crippen molar-refractivity contribution in [2.45, 2.75) is 6.42 Å². The molecule has 17 heavy (non-hydrogen) atoms. The molecule has 1 rings (SSSR count). The number of carbonyl (C=O) groups is 1. The van der Waals surface area contributed by atoms with Gasteiger partial charge in [0.25, 0.3) is 0 Å². The highest BCUT2D eigenvalue weighted by Crippen LogP contribution is 2.16. The lowest BCUT2D eigenvalue weighted by Gasteiger charge is -2.07. The van der Waals surface area contributed by atoms with Gasteiger partial charge < -0.3 is 5.32 Å². The molecule has 5 nitrogen and oxygen atoms in total. The van der Waals surface area contributed by atoms with Crippen molar-refractivity contribution >= 4 is 43.2 Å². The molecule has 0 aliphatic carbocycles. The Morgan fingerprint density at radius 3 is 2.59 bits per heavy atom. The molecule has 0 spiro atoms. The quantitative estimate of drug-likeness (QED) is 0.812. The molecule has 0 unspecified atom stereocenters. The van der Waals surface area contributed by atoms with Gasteiger partial charge in [-0.1, -0.05) is 22.0 Å². The number of carbonyl (C=O) groups excluding carboxylic acids is 1. The van der Waals surface area contributed by atoms with Gasteiger partial charge in [-0.2, -0.15) is 0 Å². The van der Waals surface area contributed by atoms with Crippen LogP contribution >= 0.6 is 15.9 Å². The molecule has 0 heterocycles. The number of halogens is 1. The van der Waals surface area contributed by atoms with E-state index in [1.54, 1.807) is 24.3 Å². The maximum atomic E-state index is 11.3. The molecule has 0 fully saturated rings. The minimum absolute atomic E-state index is 0.126. The van der Waals surface area contributed by atoms with E-state index in [0.29, 0.717) is 23.1 Å². The first-order chi connectivity index (χ1) is 7.90. The van der Waals surface area contributed by atoms with Crippen LogP contribution in [0.25, 0.3) is 0 Å². The van der Waals surface area contributed by atoms with Gasteiger partial charge in [0.15, 0.2) is 0 Å². The van der Waals surface area contributed by atoms with E-state index in [9.17, 15) is 13.2 Å². The van der Waals surface area contributed by atoms with E-state index in [2.05, 4.69) is 26.0 Å². The lowest BCUT2D eigenvalue weighted by Crippen LogP contribution is -2.13. The van der Waals surface area contributed by atoms with Gasteiger partial charge in [-0.05, 0) is 18.2 Å². The second-order valence-electron chi connectivity index (χ2n) is 3.44. The number of amides is 1. The first kappa shape index (κ1) is 14.0. The lowest BCUT2D eigenvalue weighted by molar-refractivity contribution is -0.115. The molecule has 1 aromatic carbocycles. The molecule has 94 valence electrons. The Labute approximate surface area is 109 Å². The molecule has 2 N–H and O–H groups in total. The van der Waals surface area contributed by atoms with E-state index in [1.165, 1.54) is 0 Å². The minimum atomic E-state index is -3.30. The van der Waals surface area contributed by atoms with E-state index in [0.717, 1.165) is 6.26 Å².